The Bertz CT molecular complexity index is 151. The molecule has 2 heteroatoms. The minimum atomic E-state index is -0.171. The molecule has 2 unspecified atom stereocenters. The first-order valence-corrected chi connectivity index (χ1v) is 5.67. The number of hydrogen-bond acceptors (Lipinski definition) is 2. The first-order chi connectivity index (χ1) is 6.29. The van der Waals surface area contributed by atoms with Crippen LogP contribution in [0.25, 0.3) is 0 Å². The normalized spacial score (nSPS) is 17.1. The molecule has 86 valence electrons. The Kier molecular flexibility index (Phi) is 5.68. The van der Waals surface area contributed by atoms with Gasteiger partial charge in [0.2, 0.25) is 0 Å². The molecule has 2 atom stereocenters. The van der Waals surface area contributed by atoms with Crippen molar-refractivity contribution in [2.45, 2.75) is 59.6 Å². The standard InChI is InChI=1S/C12H27NO/c1-7-8-11(14)9-13(6)10(2)12(3,4)5/h10-11,14H,7-9H2,1-6H3. The molecule has 0 bridgehead atoms. The van der Waals surface area contributed by atoms with Crippen LogP contribution >= 0.6 is 0 Å². The molecule has 1 N–H and O–H groups in total. The van der Waals surface area contributed by atoms with Crippen molar-refractivity contribution in [1.29, 1.82) is 0 Å². The van der Waals surface area contributed by atoms with Crippen molar-refractivity contribution in [3.63, 3.8) is 0 Å². The van der Waals surface area contributed by atoms with E-state index in [-0.39, 0.29) is 11.5 Å². The molecule has 0 saturated carbocycles. The highest BCUT2D eigenvalue weighted by Crippen LogP contribution is 2.23. The average Bonchev–Trinajstić information content (AvgIpc) is 2.01. The molecule has 0 heterocycles. The van der Waals surface area contributed by atoms with Gasteiger partial charge in [-0.05, 0) is 25.8 Å². The number of likely N-dealkylation sites (N-methyl/N-ethyl adjacent to an activating group) is 1. The van der Waals surface area contributed by atoms with Gasteiger partial charge in [0.15, 0.2) is 0 Å². The summed E-state index contributed by atoms with van der Waals surface area (Å²) in [5.41, 5.74) is 0.278. The Morgan fingerprint density at radius 3 is 2.14 bits per heavy atom. The zero-order valence-corrected chi connectivity index (χ0v) is 10.7. The van der Waals surface area contributed by atoms with Crippen molar-refractivity contribution in [3.05, 3.63) is 0 Å². The van der Waals surface area contributed by atoms with E-state index in [1.807, 2.05) is 0 Å². The fourth-order valence-corrected chi connectivity index (χ4v) is 1.58. The van der Waals surface area contributed by atoms with E-state index in [0.29, 0.717) is 6.04 Å². The Morgan fingerprint density at radius 1 is 1.29 bits per heavy atom. The van der Waals surface area contributed by atoms with Gasteiger partial charge in [0.05, 0.1) is 6.10 Å². The Balaban J connectivity index is 4.01. The fraction of sp³-hybridized carbons (Fsp3) is 1.00. The predicted molar refractivity (Wildman–Crippen MR) is 62.5 cm³/mol. The van der Waals surface area contributed by atoms with E-state index in [9.17, 15) is 5.11 Å². The van der Waals surface area contributed by atoms with Crippen LogP contribution in [0.5, 0.6) is 0 Å². The van der Waals surface area contributed by atoms with Crippen LogP contribution in [0.4, 0.5) is 0 Å². The van der Waals surface area contributed by atoms with Crippen LogP contribution in [-0.4, -0.2) is 35.7 Å². The summed E-state index contributed by atoms with van der Waals surface area (Å²) in [5.74, 6) is 0. The van der Waals surface area contributed by atoms with E-state index < -0.39 is 0 Å². The lowest BCUT2D eigenvalue weighted by Crippen LogP contribution is -2.42. The van der Waals surface area contributed by atoms with Gasteiger partial charge in [0.1, 0.15) is 0 Å². The Hall–Kier alpha value is -0.0800. The molecule has 0 amide bonds. The molecule has 0 rings (SSSR count). The monoisotopic (exact) mass is 201 g/mol. The molecule has 0 radical (unpaired) electrons. The first-order valence-electron chi connectivity index (χ1n) is 5.67. The second-order valence-corrected chi connectivity index (χ2v) is 5.42. The number of aliphatic hydroxyl groups excluding tert-OH is 1. The van der Waals surface area contributed by atoms with Gasteiger partial charge in [0.25, 0.3) is 0 Å². The SMILES string of the molecule is CCCC(O)CN(C)C(C)C(C)(C)C. The molecule has 0 aliphatic rings. The summed E-state index contributed by atoms with van der Waals surface area (Å²) in [4.78, 5) is 2.25. The van der Waals surface area contributed by atoms with Crippen LogP contribution in [-0.2, 0) is 0 Å². The maximum absolute atomic E-state index is 9.69. The summed E-state index contributed by atoms with van der Waals surface area (Å²) in [5, 5.41) is 9.69. The van der Waals surface area contributed by atoms with Gasteiger partial charge in [-0.1, -0.05) is 34.1 Å². The highest BCUT2D eigenvalue weighted by Gasteiger charge is 2.24. The van der Waals surface area contributed by atoms with E-state index in [2.05, 4.69) is 46.6 Å². The minimum Gasteiger partial charge on any atom is -0.392 e. The second kappa shape index (κ2) is 5.72. The largest absolute Gasteiger partial charge is 0.392 e. The zero-order chi connectivity index (χ0) is 11.4. The van der Waals surface area contributed by atoms with E-state index >= 15 is 0 Å². The molecule has 14 heavy (non-hydrogen) atoms. The van der Waals surface area contributed by atoms with Crippen molar-refractivity contribution in [3.8, 4) is 0 Å². The smallest absolute Gasteiger partial charge is 0.0667 e. The lowest BCUT2D eigenvalue weighted by molar-refractivity contribution is 0.0671. The highest BCUT2D eigenvalue weighted by molar-refractivity contribution is 4.78. The molecule has 0 aromatic carbocycles. The predicted octanol–water partition coefficient (Wildman–Crippen LogP) is 2.51. The second-order valence-electron chi connectivity index (χ2n) is 5.42. The summed E-state index contributed by atoms with van der Waals surface area (Å²) in [7, 11) is 2.09. The third kappa shape index (κ3) is 4.97. The van der Waals surface area contributed by atoms with Crippen LogP contribution in [0, 0.1) is 5.41 Å². The van der Waals surface area contributed by atoms with Crippen LogP contribution in [0.3, 0.4) is 0 Å². The van der Waals surface area contributed by atoms with Gasteiger partial charge < -0.3 is 10.0 Å². The van der Waals surface area contributed by atoms with Gasteiger partial charge in [-0.25, -0.2) is 0 Å². The average molecular weight is 201 g/mol. The van der Waals surface area contributed by atoms with Crippen molar-refractivity contribution in [2.75, 3.05) is 13.6 Å². The minimum absolute atomic E-state index is 0.171. The summed E-state index contributed by atoms with van der Waals surface area (Å²) in [6.45, 7) is 11.8. The van der Waals surface area contributed by atoms with Crippen LogP contribution in [0.1, 0.15) is 47.5 Å². The van der Waals surface area contributed by atoms with Crippen LogP contribution in [0.2, 0.25) is 0 Å². The van der Waals surface area contributed by atoms with Crippen LogP contribution in [0.15, 0.2) is 0 Å². The number of rotatable bonds is 5. The number of hydrogen-bond donors (Lipinski definition) is 1. The van der Waals surface area contributed by atoms with Gasteiger partial charge in [-0.15, -0.1) is 0 Å². The maximum atomic E-state index is 9.69. The highest BCUT2D eigenvalue weighted by atomic mass is 16.3. The van der Waals surface area contributed by atoms with Crippen molar-refractivity contribution >= 4 is 0 Å². The fourth-order valence-electron chi connectivity index (χ4n) is 1.58. The van der Waals surface area contributed by atoms with E-state index in [1.54, 1.807) is 0 Å². The van der Waals surface area contributed by atoms with E-state index in [1.165, 1.54) is 0 Å². The van der Waals surface area contributed by atoms with Gasteiger partial charge in [-0.2, -0.15) is 0 Å². The van der Waals surface area contributed by atoms with Gasteiger partial charge in [0, 0.05) is 12.6 Å². The molecular weight excluding hydrogens is 174 g/mol. The van der Waals surface area contributed by atoms with Gasteiger partial charge >= 0.3 is 0 Å². The van der Waals surface area contributed by atoms with Crippen LogP contribution < -0.4 is 0 Å². The number of nitrogens with zero attached hydrogens (tertiary/aromatic N) is 1. The van der Waals surface area contributed by atoms with E-state index in [4.69, 9.17) is 0 Å². The molecule has 0 aliphatic carbocycles. The summed E-state index contributed by atoms with van der Waals surface area (Å²) in [6.07, 6.45) is 1.79. The van der Waals surface area contributed by atoms with Crippen molar-refractivity contribution in [1.82, 2.24) is 4.90 Å². The van der Waals surface area contributed by atoms with Crippen molar-refractivity contribution < 1.29 is 5.11 Å². The summed E-state index contributed by atoms with van der Waals surface area (Å²) < 4.78 is 0. The molecular formula is C12H27NO. The third-order valence-corrected chi connectivity index (χ3v) is 3.04. The van der Waals surface area contributed by atoms with Crippen molar-refractivity contribution in [2.24, 2.45) is 5.41 Å². The lowest BCUT2D eigenvalue weighted by atomic mass is 9.87. The Labute approximate surface area is 89.3 Å². The van der Waals surface area contributed by atoms with E-state index in [0.717, 1.165) is 19.4 Å². The number of aliphatic hydroxyl groups is 1. The molecule has 0 aromatic rings. The molecule has 2 nitrogen and oxygen atoms in total. The Morgan fingerprint density at radius 2 is 1.79 bits per heavy atom. The molecule has 0 spiro atoms. The first kappa shape index (κ1) is 13.9. The maximum Gasteiger partial charge on any atom is 0.0667 e. The quantitative estimate of drug-likeness (QED) is 0.739. The molecule has 0 aliphatic heterocycles. The van der Waals surface area contributed by atoms with Gasteiger partial charge in [-0.3, -0.25) is 0 Å². The summed E-state index contributed by atoms with van der Waals surface area (Å²) >= 11 is 0. The lowest BCUT2D eigenvalue weighted by Gasteiger charge is -2.36. The molecule has 0 saturated heterocycles. The molecule has 0 fully saturated rings. The zero-order valence-electron chi connectivity index (χ0n) is 10.7. The molecule has 0 aromatic heterocycles. The third-order valence-electron chi connectivity index (χ3n) is 3.04. The summed E-state index contributed by atoms with van der Waals surface area (Å²) in [6, 6.07) is 0.494. The topological polar surface area (TPSA) is 23.5 Å².